The van der Waals surface area contributed by atoms with E-state index in [1.165, 1.54) is 56.0 Å². The number of carboxylic acids is 1. The standard InChI is InChI=1S/C60H76N6O19/c1-9-29(4)50(65(7)42(69)21-32-15-17-33(18-16-32)22-44(71)72)59(81)62-30(5)56(78)61-26-43(70)66-19-11-13-38(66)58(80)64-37(20-28(2)3)57(79)63-36-23-45(84-31(6)51(36)73)85-40-25-60(82,41(68)27-67)24-35-47(40)55(77)49-48(53(35)75)52(74)34-12-10-14-39(83-8)46(34)54(49)76/h10,12,14-18,28-31,36-38,40,45,50-51,67,73,75,77,82H,9,11,13,19-27H2,1-8H3,(H,61,78)(H,62,81)(H,63,79)(H,64,80)(H,71,72)/t29-,30-,31-,36-,37-,38-,40-,45+,50-,51+,60-/m0/s1. The normalized spacial score (nSPS) is 23.0. The first-order valence-electron chi connectivity index (χ1n) is 28.4. The van der Waals surface area contributed by atoms with E-state index in [0.29, 0.717) is 24.0 Å². The van der Waals surface area contributed by atoms with E-state index in [1.54, 1.807) is 31.2 Å². The summed E-state index contributed by atoms with van der Waals surface area (Å²) in [5, 5.41) is 76.7. The summed E-state index contributed by atoms with van der Waals surface area (Å²) in [5.74, 6) is -9.65. The topological polar surface area (TPSA) is 374 Å². The fourth-order valence-electron chi connectivity index (χ4n) is 11.7. The molecule has 7 rings (SSSR count). The fourth-order valence-corrected chi connectivity index (χ4v) is 11.7. The lowest BCUT2D eigenvalue weighted by molar-refractivity contribution is -0.249. The smallest absolute Gasteiger partial charge is 0.307 e. The lowest BCUT2D eigenvalue weighted by Crippen LogP contribution is -2.60. The number of carbonyl (C=O) groups excluding carboxylic acids is 9. The Morgan fingerprint density at radius 1 is 0.882 bits per heavy atom. The number of likely N-dealkylation sites (N-methyl/N-ethyl adjacent to an activating group) is 1. The van der Waals surface area contributed by atoms with Crippen LogP contribution in [0.4, 0.5) is 0 Å². The van der Waals surface area contributed by atoms with E-state index in [0.717, 1.165) is 0 Å². The van der Waals surface area contributed by atoms with Gasteiger partial charge in [0.1, 0.15) is 59.7 Å². The molecule has 25 nitrogen and oxygen atoms in total. The summed E-state index contributed by atoms with van der Waals surface area (Å²) in [6, 6.07) is 5.19. The number of nitrogens with one attached hydrogen (secondary N) is 4. The van der Waals surface area contributed by atoms with Crippen LogP contribution < -0.4 is 26.0 Å². The molecule has 25 heteroatoms. The molecule has 460 valence electrons. The SMILES string of the molecule is CC[C@H](C)[C@@H](C(=O)N[C@@H](C)C(=O)NCC(=O)N1CCC[C@H]1C(=O)N[C@@H](CC(C)C)C(=O)N[C@H]1C[C@@H](O[C@H]2C[C@](O)(C(=O)CO)Cc3c(O)c4c(c(O)c32)C(=O)c2c(OC)cccc2C4=O)O[C@@H](C)[C@H]1O)N(C)C(=O)Cc1ccc(CC(=O)O)cc1. The van der Waals surface area contributed by atoms with Crippen LogP contribution in [0.3, 0.4) is 0 Å². The molecule has 2 aliphatic carbocycles. The summed E-state index contributed by atoms with van der Waals surface area (Å²) >= 11 is 0. The quantitative estimate of drug-likeness (QED) is 0.0464. The van der Waals surface area contributed by atoms with E-state index in [1.807, 2.05) is 20.8 Å². The lowest BCUT2D eigenvalue weighted by Gasteiger charge is -2.43. The number of likely N-dealkylation sites (tertiary alicyclic amines) is 1. The second kappa shape index (κ2) is 27.0. The minimum atomic E-state index is -2.44. The van der Waals surface area contributed by atoms with Gasteiger partial charge >= 0.3 is 5.97 Å². The first-order chi connectivity index (χ1) is 40.1. The molecule has 2 heterocycles. The first kappa shape index (κ1) is 64.7. The molecule has 3 aromatic rings. The molecule has 2 saturated heterocycles. The summed E-state index contributed by atoms with van der Waals surface area (Å²) in [6.07, 6.45) is -6.16. The van der Waals surface area contributed by atoms with Crippen LogP contribution in [0, 0.1) is 11.8 Å². The van der Waals surface area contributed by atoms with Gasteiger partial charge in [0.25, 0.3) is 0 Å². The monoisotopic (exact) mass is 1180 g/mol. The molecule has 0 saturated carbocycles. The number of nitrogens with zero attached hydrogens (tertiary/aromatic N) is 2. The molecule has 0 bridgehead atoms. The van der Waals surface area contributed by atoms with Gasteiger partial charge in [-0.15, -0.1) is 0 Å². The minimum absolute atomic E-state index is 0.0126. The summed E-state index contributed by atoms with van der Waals surface area (Å²) in [7, 11) is 2.77. The molecular weight excluding hydrogens is 1110 g/mol. The van der Waals surface area contributed by atoms with Crippen LogP contribution in [-0.4, -0.2) is 187 Å². The van der Waals surface area contributed by atoms with Gasteiger partial charge in [0.15, 0.2) is 17.9 Å². The van der Waals surface area contributed by atoms with Crippen LogP contribution >= 0.6 is 0 Å². The number of aromatic hydroxyl groups is 2. The maximum atomic E-state index is 14.3. The number of phenols is 2. The second-order valence-corrected chi connectivity index (χ2v) is 22.9. The highest BCUT2D eigenvalue weighted by Gasteiger charge is 2.51. The summed E-state index contributed by atoms with van der Waals surface area (Å²) in [5.41, 5.74) is -3.35. The molecular formula is C60H76N6O19. The molecule has 2 aliphatic heterocycles. The van der Waals surface area contributed by atoms with Gasteiger partial charge in [0.05, 0.1) is 61.4 Å². The molecule has 10 N–H and O–H groups in total. The number of rotatable bonds is 23. The Morgan fingerprint density at radius 3 is 2.16 bits per heavy atom. The molecule has 0 spiro atoms. The van der Waals surface area contributed by atoms with Gasteiger partial charge in [0, 0.05) is 49.5 Å². The number of carboxylic acid groups (broad SMARTS) is 1. The number of Topliss-reactive ketones (excluding diaryl/α,β-unsaturated/α-hetero) is 1. The van der Waals surface area contributed by atoms with Gasteiger partial charge in [0.2, 0.25) is 41.2 Å². The molecule has 0 unspecified atom stereocenters. The predicted octanol–water partition coefficient (Wildman–Crippen LogP) is 1.04. The zero-order valence-electron chi connectivity index (χ0n) is 48.8. The van der Waals surface area contributed by atoms with Crippen molar-refractivity contribution in [1.29, 1.82) is 0 Å². The van der Waals surface area contributed by atoms with Gasteiger partial charge in [-0.3, -0.25) is 47.9 Å². The van der Waals surface area contributed by atoms with Crippen molar-refractivity contribution >= 4 is 58.8 Å². The highest BCUT2D eigenvalue weighted by Crippen LogP contribution is 2.52. The van der Waals surface area contributed by atoms with Crippen LogP contribution in [0.25, 0.3) is 0 Å². The van der Waals surface area contributed by atoms with Gasteiger partial charge in [-0.2, -0.15) is 0 Å². The number of aliphatic hydroxyl groups is 3. The van der Waals surface area contributed by atoms with Gasteiger partial charge in [-0.25, -0.2) is 0 Å². The summed E-state index contributed by atoms with van der Waals surface area (Å²) in [4.78, 5) is 138. The van der Waals surface area contributed by atoms with Crippen molar-refractivity contribution in [3.05, 3.63) is 87.0 Å². The van der Waals surface area contributed by atoms with Crippen molar-refractivity contribution in [3.8, 4) is 17.2 Å². The Kier molecular flexibility index (Phi) is 20.6. The minimum Gasteiger partial charge on any atom is -0.507 e. The number of aliphatic hydroxyl groups excluding tert-OH is 2. The largest absolute Gasteiger partial charge is 0.507 e. The maximum Gasteiger partial charge on any atom is 0.307 e. The zero-order chi connectivity index (χ0) is 62.5. The number of methoxy groups -OCH3 is 1. The van der Waals surface area contributed by atoms with E-state index >= 15 is 0 Å². The van der Waals surface area contributed by atoms with E-state index < -0.39 is 162 Å². The van der Waals surface area contributed by atoms with Crippen molar-refractivity contribution in [1.82, 2.24) is 31.1 Å². The Morgan fingerprint density at radius 2 is 1.54 bits per heavy atom. The van der Waals surface area contributed by atoms with Crippen LogP contribution in [0.1, 0.15) is 140 Å². The average Bonchev–Trinajstić information content (AvgIpc) is 1.15. The van der Waals surface area contributed by atoms with Gasteiger partial charge in [-0.05, 0) is 62.1 Å². The molecule has 3 aromatic carbocycles. The second-order valence-electron chi connectivity index (χ2n) is 22.9. The summed E-state index contributed by atoms with van der Waals surface area (Å²) in [6.45, 7) is 8.60. The number of aliphatic carboxylic acids is 1. The van der Waals surface area contributed by atoms with Crippen LogP contribution in [0.15, 0.2) is 42.5 Å². The fraction of sp³-hybridized carbons (Fsp3) is 0.533. The van der Waals surface area contributed by atoms with Crippen molar-refractivity contribution in [3.63, 3.8) is 0 Å². The van der Waals surface area contributed by atoms with Crippen LogP contribution in [0.5, 0.6) is 17.2 Å². The number of phenolic OH excluding ortho intramolecular Hbond substituents is 2. The Hall–Kier alpha value is -7.84. The Bertz CT molecular complexity index is 3110. The molecule has 85 heavy (non-hydrogen) atoms. The third kappa shape index (κ3) is 14.0. The molecule has 2 fully saturated rings. The van der Waals surface area contributed by atoms with Crippen molar-refractivity contribution in [2.45, 2.75) is 160 Å². The highest BCUT2D eigenvalue weighted by atomic mass is 16.7. The lowest BCUT2D eigenvalue weighted by atomic mass is 9.72. The number of hydrogen-bond donors (Lipinski definition) is 10. The highest BCUT2D eigenvalue weighted by molar-refractivity contribution is 6.31. The molecule has 0 radical (unpaired) electrons. The molecule has 6 amide bonds. The van der Waals surface area contributed by atoms with Gasteiger partial charge < -0.3 is 75.9 Å². The average molecular weight is 1190 g/mol. The number of amides is 6. The Balaban J connectivity index is 0.993. The number of benzene rings is 3. The molecule has 11 atom stereocenters. The number of ether oxygens (including phenoxy) is 3. The van der Waals surface area contributed by atoms with Crippen molar-refractivity contribution < 1.29 is 92.8 Å². The maximum absolute atomic E-state index is 14.3. The van der Waals surface area contributed by atoms with Crippen molar-refractivity contribution in [2.75, 3.05) is 33.9 Å². The van der Waals surface area contributed by atoms with Crippen molar-refractivity contribution in [2.24, 2.45) is 11.8 Å². The zero-order valence-corrected chi connectivity index (χ0v) is 48.8. The predicted molar refractivity (Wildman–Crippen MR) is 300 cm³/mol. The number of hydrogen-bond acceptors (Lipinski definition) is 18. The third-order valence-electron chi connectivity index (χ3n) is 16.5. The van der Waals surface area contributed by atoms with E-state index in [2.05, 4.69) is 21.3 Å². The molecule has 4 aliphatic rings. The Labute approximate surface area is 490 Å². The number of ketones is 3. The van der Waals surface area contributed by atoms with E-state index in [-0.39, 0.29) is 84.4 Å². The number of carbonyl (C=O) groups is 10. The van der Waals surface area contributed by atoms with E-state index in [4.69, 9.17) is 19.3 Å². The van der Waals surface area contributed by atoms with Crippen LogP contribution in [-0.2, 0) is 67.1 Å². The van der Waals surface area contributed by atoms with Crippen LogP contribution in [0.2, 0.25) is 0 Å². The first-order valence-corrected chi connectivity index (χ1v) is 28.4. The molecule has 0 aromatic heterocycles. The number of fused-ring (bicyclic) bond motifs is 3. The third-order valence-corrected chi connectivity index (χ3v) is 16.5. The van der Waals surface area contributed by atoms with E-state index in [9.17, 15) is 73.5 Å². The van der Waals surface area contributed by atoms with Gasteiger partial charge in [-0.1, -0.05) is 70.5 Å². The summed E-state index contributed by atoms with van der Waals surface area (Å²) < 4.78 is 17.7.